The average molecular weight is 477 g/mol. The van der Waals surface area contributed by atoms with Crippen molar-refractivity contribution in [3.8, 4) is 5.75 Å². The van der Waals surface area contributed by atoms with E-state index in [0.29, 0.717) is 6.61 Å². The van der Waals surface area contributed by atoms with Gasteiger partial charge in [0, 0.05) is 44.7 Å². The molecule has 1 heterocycles. The zero-order valence-electron chi connectivity index (χ0n) is 16.0. The van der Waals surface area contributed by atoms with Gasteiger partial charge in [-0.25, -0.2) is 0 Å². The van der Waals surface area contributed by atoms with E-state index < -0.39 is 0 Å². The molecule has 1 aliphatic rings. The summed E-state index contributed by atoms with van der Waals surface area (Å²) >= 11 is 0. The molecule has 1 aromatic carbocycles. The first-order valence-electron chi connectivity index (χ1n) is 8.90. The van der Waals surface area contributed by atoms with Gasteiger partial charge >= 0.3 is 0 Å². The lowest BCUT2D eigenvalue weighted by Crippen LogP contribution is -2.45. The highest BCUT2D eigenvalue weighted by Crippen LogP contribution is 2.31. The highest BCUT2D eigenvalue weighted by molar-refractivity contribution is 14.0. The fourth-order valence-electron chi connectivity index (χ4n) is 3.24. The SMILES string of the molecule is CN=C(NCC(C)c1ccccc1OC)NCC1(CCO)CCOC1.I. The van der Waals surface area contributed by atoms with Crippen molar-refractivity contribution in [1.82, 2.24) is 10.6 Å². The molecule has 7 heteroatoms. The second kappa shape index (κ2) is 11.6. The van der Waals surface area contributed by atoms with Crippen molar-refractivity contribution in [2.75, 3.05) is 47.1 Å². The Hall–Kier alpha value is -1.06. The lowest BCUT2D eigenvalue weighted by Gasteiger charge is -2.28. The van der Waals surface area contributed by atoms with Crippen LogP contribution in [0.4, 0.5) is 0 Å². The summed E-state index contributed by atoms with van der Waals surface area (Å²) in [6.45, 7) is 5.30. The van der Waals surface area contributed by atoms with Crippen LogP contribution in [0.1, 0.15) is 31.2 Å². The van der Waals surface area contributed by atoms with Crippen LogP contribution in [0.25, 0.3) is 0 Å². The maximum absolute atomic E-state index is 9.32. The van der Waals surface area contributed by atoms with E-state index in [-0.39, 0.29) is 41.9 Å². The van der Waals surface area contributed by atoms with Crippen molar-refractivity contribution in [3.63, 3.8) is 0 Å². The number of hydrogen-bond acceptors (Lipinski definition) is 4. The van der Waals surface area contributed by atoms with Crippen molar-refractivity contribution >= 4 is 29.9 Å². The predicted molar refractivity (Wildman–Crippen MR) is 116 cm³/mol. The highest BCUT2D eigenvalue weighted by atomic mass is 127. The molecule has 1 aliphatic heterocycles. The molecule has 0 aromatic heterocycles. The fourth-order valence-corrected chi connectivity index (χ4v) is 3.24. The Morgan fingerprint density at radius 2 is 2.15 bits per heavy atom. The van der Waals surface area contributed by atoms with Crippen LogP contribution in [0, 0.1) is 5.41 Å². The van der Waals surface area contributed by atoms with Crippen molar-refractivity contribution in [1.29, 1.82) is 0 Å². The quantitative estimate of drug-likeness (QED) is 0.305. The van der Waals surface area contributed by atoms with Gasteiger partial charge in [-0.2, -0.15) is 0 Å². The Balaban J connectivity index is 0.00000338. The molecule has 0 radical (unpaired) electrons. The Morgan fingerprint density at radius 3 is 2.77 bits per heavy atom. The normalized spacial score (nSPS) is 21.0. The zero-order valence-corrected chi connectivity index (χ0v) is 18.3. The standard InChI is InChI=1S/C19H31N3O3.HI/c1-15(16-6-4-5-7-17(16)24-3)12-21-18(20-2)22-13-19(8-10-23)9-11-25-14-19;/h4-7,15,23H,8-14H2,1-3H3,(H2,20,21,22);1H. The number of para-hydroxylation sites is 1. The van der Waals surface area contributed by atoms with Crippen molar-refractivity contribution < 1.29 is 14.6 Å². The van der Waals surface area contributed by atoms with Gasteiger partial charge in [0.05, 0.1) is 13.7 Å². The van der Waals surface area contributed by atoms with E-state index in [9.17, 15) is 5.11 Å². The van der Waals surface area contributed by atoms with Gasteiger partial charge in [-0.15, -0.1) is 24.0 Å². The summed E-state index contributed by atoms with van der Waals surface area (Å²) in [5.74, 6) is 1.96. The Kier molecular flexibility index (Phi) is 10.3. The number of aliphatic hydroxyl groups is 1. The molecular formula is C19H32IN3O3. The Morgan fingerprint density at radius 1 is 1.38 bits per heavy atom. The maximum Gasteiger partial charge on any atom is 0.191 e. The van der Waals surface area contributed by atoms with Crippen LogP contribution in [0.5, 0.6) is 5.75 Å². The molecule has 0 bridgehead atoms. The second-order valence-corrected chi connectivity index (χ2v) is 6.73. The molecule has 0 spiro atoms. The van der Waals surface area contributed by atoms with Crippen LogP contribution in [0.3, 0.4) is 0 Å². The summed E-state index contributed by atoms with van der Waals surface area (Å²) in [6, 6.07) is 8.08. The minimum Gasteiger partial charge on any atom is -0.496 e. The molecule has 0 aliphatic carbocycles. The van der Waals surface area contributed by atoms with Crippen molar-refractivity contribution in [3.05, 3.63) is 29.8 Å². The number of methoxy groups -OCH3 is 1. The third kappa shape index (κ3) is 6.28. The molecule has 148 valence electrons. The number of halogens is 1. The summed E-state index contributed by atoms with van der Waals surface area (Å²) in [6.07, 6.45) is 1.71. The molecule has 1 aromatic rings. The molecule has 2 unspecified atom stereocenters. The van der Waals surface area contributed by atoms with E-state index in [1.165, 1.54) is 5.56 Å². The van der Waals surface area contributed by atoms with Crippen LogP contribution >= 0.6 is 24.0 Å². The molecule has 26 heavy (non-hydrogen) atoms. The van der Waals surface area contributed by atoms with Gasteiger partial charge in [-0.3, -0.25) is 4.99 Å². The predicted octanol–water partition coefficient (Wildman–Crippen LogP) is 2.37. The molecule has 0 amide bonds. The molecule has 0 saturated carbocycles. The number of ether oxygens (including phenoxy) is 2. The van der Waals surface area contributed by atoms with Gasteiger partial charge in [-0.1, -0.05) is 25.1 Å². The van der Waals surface area contributed by atoms with Gasteiger partial charge < -0.3 is 25.2 Å². The summed E-state index contributed by atoms with van der Waals surface area (Å²) in [5, 5.41) is 16.1. The highest BCUT2D eigenvalue weighted by Gasteiger charge is 2.34. The number of hydrogen-bond donors (Lipinski definition) is 3. The molecule has 6 nitrogen and oxygen atoms in total. The zero-order chi connectivity index (χ0) is 18.1. The topological polar surface area (TPSA) is 75.1 Å². The van der Waals surface area contributed by atoms with Crippen LogP contribution in [0.15, 0.2) is 29.3 Å². The fraction of sp³-hybridized carbons (Fsp3) is 0.632. The monoisotopic (exact) mass is 477 g/mol. The van der Waals surface area contributed by atoms with E-state index in [2.05, 4.69) is 28.6 Å². The first-order valence-corrected chi connectivity index (χ1v) is 8.90. The molecular weight excluding hydrogens is 445 g/mol. The largest absolute Gasteiger partial charge is 0.496 e. The summed E-state index contributed by atoms with van der Waals surface area (Å²) in [7, 11) is 3.47. The third-order valence-corrected chi connectivity index (χ3v) is 4.93. The van der Waals surface area contributed by atoms with E-state index in [4.69, 9.17) is 9.47 Å². The maximum atomic E-state index is 9.32. The summed E-state index contributed by atoms with van der Waals surface area (Å²) in [4.78, 5) is 4.31. The van der Waals surface area contributed by atoms with Crippen LogP contribution in [-0.2, 0) is 4.74 Å². The lowest BCUT2D eigenvalue weighted by atomic mass is 9.84. The number of rotatable bonds is 8. The third-order valence-electron chi connectivity index (χ3n) is 4.93. The minimum absolute atomic E-state index is 0. The molecule has 2 rings (SSSR count). The molecule has 3 N–H and O–H groups in total. The Bertz CT molecular complexity index is 563. The number of guanidine groups is 1. The number of aliphatic imine (C=N–C) groups is 1. The smallest absolute Gasteiger partial charge is 0.191 e. The van der Waals surface area contributed by atoms with Gasteiger partial charge in [0.15, 0.2) is 5.96 Å². The second-order valence-electron chi connectivity index (χ2n) is 6.73. The van der Waals surface area contributed by atoms with Crippen molar-refractivity contribution in [2.45, 2.75) is 25.7 Å². The lowest BCUT2D eigenvalue weighted by molar-refractivity contribution is 0.127. The van der Waals surface area contributed by atoms with Crippen LogP contribution in [0.2, 0.25) is 0 Å². The number of nitrogens with one attached hydrogen (secondary N) is 2. The number of aliphatic hydroxyl groups excluding tert-OH is 1. The van der Waals surface area contributed by atoms with Crippen LogP contribution in [-0.4, -0.2) is 58.1 Å². The van der Waals surface area contributed by atoms with Gasteiger partial charge in [0.1, 0.15) is 5.75 Å². The van der Waals surface area contributed by atoms with Gasteiger partial charge in [0.25, 0.3) is 0 Å². The van der Waals surface area contributed by atoms with E-state index >= 15 is 0 Å². The molecule has 2 atom stereocenters. The van der Waals surface area contributed by atoms with Gasteiger partial charge in [-0.05, 0) is 24.5 Å². The minimum atomic E-state index is 0. The summed E-state index contributed by atoms with van der Waals surface area (Å²) in [5.41, 5.74) is 1.18. The Labute approximate surface area is 173 Å². The molecule has 1 saturated heterocycles. The molecule has 1 fully saturated rings. The van der Waals surface area contributed by atoms with Crippen molar-refractivity contribution in [2.24, 2.45) is 10.4 Å². The first-order chi connectivity index (χ1) is 12.1. The van der Waals surface area contributed by atoms with Gasteiger partial charge in [0.2, 0.25) is 0 Å². The van der Waals surface area contributed by atoms with E-state index in [0.717, 1.165) is 44.2 Å². The van der Waals surface area contributed by atoms with E-state index in [1.807, 2.05) is 18.2 Å². The number of benzene rings is 1. The van der Waals surface area contributed by atoms with E-state index in [1.54, 1.807) is 14.2 Å². The summed E-state index contributed by atoms with van der Waals surface area (Å²) < 4.78 is 11.0. The number of nitrogens with zero attached hydrogens (tertiary/aromatic N) is 1. The van der Waals surface area contributed by atoms with Crippen LogP contribution < -0.4 is 15.4 Å². The first kappa shape index (κ1) is 23.0. The average Bonchev–Trinajstić information content (AvgIpc) is 3.10.